The summed E-state index contributed by atoms with van der Waals surface area (Å²) < 4.78 is 27.2. The molecule has 0 radical (unpaired) electrons. The average Bonchev–Trinajstić information content (AvgIpc) is 2.30. The Hall–Kier alpha value is -1.49. The van der Waals surface area contributed by atoms with Gasteiger partial charge in [-0.15, -0.1) is 0 Å². The quantitative estimate of drug-likeness (QED) is 0.823. The van der Waals surface area contributed by atoms with Crippen LogP contribution in [0.1, 0.15) is 0 Å². The minimum atomic E-state index is -3.13. The van der Waals surface area contributed by atoms with Gasteiger partial charge in [0, 0.05) is 17.6 Å². The van der Waals surface area contributed by atoms with Crippen LogP contribution in [0.2, 0.25) is 0 Å². The van der Waals surface area contributed by atoms with Gasteiger partial charge in [0.05, 0.1) is 12.9 Å². The lowest BCUT2D eigenvalue weighted by molar-refractivity contribution is 0.415. The summed E-state index contributed by atoms with van der Waals surface area (Å²) in [7, 11) is -1.53. The first kappa shape index (κ1) is 12.6. The number of hydrogen-bond donors (Lipinski definition) is 1. The van der Waals surface area contributed by atoms with E-state index in [1.54, 1.807) is 7.11 Å². The van der Waals surface area contributed by atoms with Crippen LogP contribution >= 0.6 is 0 Å². The van der Waals surface area contributed by atoms with Crippen molar-refractivity contribution >= 4 is 15.5 Å². The fourth-order valence-corrected chi connectivity index (χ4v) is 1.68. The van der Waals surface area contributed by atoms with Gasteiger partial charge in [-0.05, 0) is 24.3 Å². The van der Waals surface area contributed by atoms with Gasteiger partial charge in [-0.2, -0.15) is 0 Å². The SMILES string of the molecule is C=CS(=O)(=O)CCNc1ccc(OC)cc1. The fourth-order valence-electron chi connectivity index (χ4n) is 1.13. The fraction of sp³-hybridized carbons (Fsp3) is 0.273. The molecule has 0 unspecified atom stereocenters. The predicted octanol–water partition coefficient (Wildman–Crippen LogP) is 1.67. The topological polar surface area (TPSA) is 55.4 Å². The number of hydrogen-bond acceptors (Lipinski definition) is 4. The highest BCUT2D eigenvalue weighted by Crippen LogP contribution is 2.14. The zero-order chi connectivity index (χ0) is 12.0. The Morgan fingerprint density at radius 2 is 2.00 bits per heavy atom. The van der Waals surface area contributed by atoms with Crippen LogP contribution in [0.5, 0.6) is 5.75 Å². The molecule has 0 saturated carbocycles. The summed E-state index contributed by atoms with van der Waals surface area (Å²) in [6, 6.07) is 7.29. The van der Waals surface area contributed by atoms with Gasteiger partial charge in [0.1, 0.15) is 5.75 Å². The minimum absolute atomic E-state index is 0.0442. The summed E-state index contributed by atoms with van der Waals surface area (Å²) in [5, 5.41) is 3.98. The molecular formula is C11H15NO3S. The Morgan fingerprint density at radius 1 is 1.38 bits per heavy atom. The highest BCUT2D eigenvalue weighted by Gasteiger charge is 2.03. The maximum atomic E-state index is 11.1. The highest BCUT2D eigenvalue weighted by molar-refractivity contribution is 7.94. The van der Waals surface area contributed by atoms with Crippen LogP contribution in [-0.4, -0.2) is 27.8 Å². The Balaban J connectivity index is 2.46. The first-order chi connectivity index (χ1) is 7.57. The van der Waals surface area contributed by atoms with Crippen molar-refractivity contribution in [3.8, 4) is 5.75 Å². The van der Waals surface area contributed by atoms with E-state index in [-0.39, 0.29) is 5.75 Å². The Morgan fingerprint density at radius 3 is 2.50 bits per heavy atom. The normalized spacial score (nSPS) is 10.8. The molecule has 4 nitrogen and oxygen atoms in total. The van der Waals surface area contributed by atoms with Crippen molar-refractivity contribution in [2.45, 2.75) is 0 Å². The third-order valence-electron chi connectivity index (χ3n) is 2.06. The molecule has 0 atom stereocenters. The van der Waals surface area contributed by atoms with Gasteiger partial charge in [0.15, 0.2) is 9.84 Å². The molecule has 5 heteroatoms. The third kappa shape index (κ3) is 3.94. The molecule has 0 spiro atoms. The van der Waals surface area contributed by atoms with Gasteiger partial charge in [0.25, 0.3) is 0 Å². The maximum absolute atomic E-state index is 11.1. The standard InChI is InChI=1S/C11H15NO3S/c1-3-16(13,14)9-8-12-10-4-6-11(15-2)7-5-10/h3-7,12H,1,8-9H2,2H3. The lowest BCUT2D eigenvalue weighted by Crippen LogP contribution is -2.13. The third-order valence-corrected chi connectivity index (χ3v) is 3.34. The van der Waals surface area contributed by atoms with Gasteiger partial charge in [-0.1, -0.05) is 6.58 Å². The Kier molecular flexibility index (Phi) is 4.37. The van der Waals surface area contributed by atoms with E-state index < -0.39 is 9.84 Å². The minimum Gasteiger partial charge on any atom is -0.497 e. The van der Waals surface area contributed by atoms with Crippen LogP contribution in [0.4, 0.5) is 5.69 Å². The van der Waals surface area contributed by atoms with Crippen molar-refractivity contribution in [1.29, 1.82) is 0 Å². The summed E-state index contributed by atoms with van der Waals surface area (Å²) in [6.07, 6.45) is 0. The van der Waals surface area contributed by atoms with Crippen LogP contribution in [0.3, 0.4) is 0 Å². The molecule has 0 bridgehead atoms. The molecule has 0 amide bonds. The number of anilines is 1. The van der Waals surface area contributed by atoms with E-state index in [0.717, 1.165) is 16.8 Å². The summed E-state index contributed by atoms with van der Waals surface area (Å²) in [4.78, 5) is 0. The van der Waals surface area contributed by atoms with Crippen molar-refractivity contribution in [3.05, 3.63) is 36.3 Å². The molecule has 0 saturated heterocycles. The van der Waals surface area contributed by atoms with Crippen molar-refractivity contribution in [2.24, 2.45) is 0 Å². The molecule has 88 valence electrons. The van der Waals surface area contributed by atoms with Crippen LogP contribution in [0.25, 0.3) is 0 Å². The van der Waals surface area contributed by atoms with E-state index in [2.05, 4.69) is 11.9 Å². The second-order valence-electron chi connectivity index (χ2n) is 3.19. The van der Waals surface area contributed by atoms with E-state index in [0.29, 0.717) is 6.54 Å². The molecule has 16 heavy (non-hydrogen) atoms. The Labute approximate surface area is 95.9 Å². The number of benzene rings is 1. The molecule has 0 aliphatic carbocycles. The van der Waals surface area contributed by atoms with Crippen molar-refractivity contribution in [2.75, 3.05) is 24.7 Å². The molecule has 1 aromatic carbocycles. The summed E-state index contributed by atoms with van der Waals surface area (Å²) in [6.45, 7) is 3.61. The van der Waals surface area contributed by atoms with Crippen LogP contribution in [0.15, 0.2) is 36.3 Å². The van der Waals surface area contributed by atoms with E-state index in [9.17, 15) is 8.42 Å². The van der Waals surface area contributed by atoms with Gasteiger partial charge in [0.2, 0.25) is 0 Å². The average molecular weight is 241 g/mol. The van der Waals surface area contributed by atoms with E-state index in [1.807, 2.05) is 24.3 Å². The molecule has 0 aromatic heterocycles. The van der Waals surface area contributed by atoms with Crippen LogP contribution in [0, 0.1) is 0 Å². The number of methoxy groups -OCH3 is 1. The zero-order valence-corrected chi connectivity index (χ0v) is 9.96. The monoisotopic (exact) mass is 241 g/mol. The number of sulfone groups is 1. The van der Waals surface area contributed by atoms with Crippen molar-refractivity contribution < 1.29 is 13.2 Å². The number of ether oxygens (including phenoxy) is 1. The lowest BCUT2D eigenvalue weighted by Gasteiger charge is -2.06. The number of nitrogens with one attached hydrogen (secondary N) is 1. The van der Waals surface area contributed by atoms with E-state index in [1.165, 1.54) is 0 Å². The van der Waals surface area contributed by atoms with Crippen LogP contribution < -0.4 is 10.1 Å². The van der Waals surface area contributed by atoms with Crippen molar-refractivity contribution in [1.82, 2.24) is 0 Å². The molecule has 1 rings (SSSR count). The number of rotatable bonds is 6. The molecule has 0 heterocycles. The van der Waals surface area contributed by atoms with Crippen molar-refractivity contribution in [3.63, 3.8) is 0 Å². The molecule has 1 N–H and O–H groups in total. The van der Waals surface area contributed by atoms with Gasteiger partial charge in [-0.25, -0.2) is 8.42 Å². The maximum Gasteiger partial charge on any atom is 0.172 e. The first-order valence-electron chi connectivity index (χ1n) is 4.80. The van der Waals surface area contributed by atoms with E-state index in [4.69, 9.17) is 4.74 Å². The zero-order valence-electron chi connectivity index (χ0n) is 9.14. The van der Waals surface area contributed by atoms with Gasteiger partial charge >= 0.3 is 0 Å². The predicted molar refractivity (Wildman–Crippen MR) is 65.5 cm³/mol. The molecule has 1 aromatic rings. The first-order valence-corrected chi connectivity index (χ1v) is 6.52. The summed E-state index contributed by atoms with van der Waals surface area (Å²) in [5.74, 6) is 0.812. The molecule has 0 aliphatic heterocycles. The molecule has 0 fully saturated rings. The second kappa shape index (κ2) is 5.55. The molecule has 0 aliphatic rings. The Bertz CT molecular complexity index is 437. The summed E-state index contributed by atoms with van der Waals surface area (Å²) >= 11 is 0. The lowest BCUT2D eigenvalue weighted by atomic mass is 10.3. The van der Waals surface area contributed by atoms with Gasteiger partial charge in [-0.3, -0.25) is 0 Å². The highest BCUT2D eigenvalue weighted by atomic mass is 32.2. The molecular weight excluding hydrogens is 226 g/mol. The summed E-state index contributed by atoms with van der Waals surface area (Å²) in [5.41, 5.74) is 0.861. The van der Waals surface area contributed by atoms with Crippen LogP contribution in [-0.2, 0) is 9.84 Å². The largest absolute Gasteiger partial charge is 0.497 e. The smallest absolute Gasteiger partial charge is 0.172 e. The van der Waals surface area contributed by atoms with E-state index >= 15 is 0 Å². The van der Waals surface area contributed by atoms with Gasteiger partial charge < -0.3 is 10.1 Å². The second-order valence-corrected chi connectivity index (χ2v) is 5.26.